The van der Waals surface area contributed by atoms with Gasteiger partial charge in [0.1, 0.15) is 28.3 Å². The number of para-hydroxylation sites is 2. The van der Waals surface area contributed by atoms with Gasteiger partial charge in [-0.1, -0.05) is 100 Å². The Morgan fingerprint density at radius 2 is 1.26 bits per heavy atom. The number of rotatable bonds is 6. The molecule has 0 N–H and O–H groups in total. The average molecular weight is 705 g/mol. The summed E-state index contributed by atoms with van der Waals surface area (Å²) in [4.78, 5) is 5.28. The predicted molar refractivity (Wildman–Crippen MR) is 208 cm³/mol. The van der Waals surface area contributed by atoms with E-state index in [1.165, 1.54) is 6.07 Å². The van der Waals surface area contributed by atoms with Gasteiger partial charge >= 0.3 is 6.18 Å². The molecule has 0 saturated carbocycles. The van der Waals surface area contributed by atoms with Gasteiger partial charge < -0.3 is 8.83 Å². The minimum absolute atomic E-state index is 0.127. The third-order valence-electron chi connectivity index (χ3n) is 10.2. The van der Waals surface area contributed by atoms with Crippen LogP contribution in [0.25, 0.3) is 83.5 Å². The fraction of sp³-hybridized carbons (Fsp3) is 0.152. The molecule has 0 bridgehead atoms. The van der Waals surface area contributed by atoms with Gasteiger partial charge in [-0.05, 0) is 88.7 Å². The zero-order valence-electron chi connectivity index (χ0n) is 29.6. The minimum atomic E-state index is -4.53. The van der Waals surface area contributed by atoms with Crippen LogP contribution in [0, 0.1) is 0 Å². The highest BCUT2D eigenvalue weighted by atomic mass is 19.4. The van der Waals surface area contributed by atoms with E-state index in [4.69, 9.17) is 13.8 Å². The fourth-order valence-corrected chi connectivity index (χ4v) is 7.58. The molecule has 9 rings (SSSR count). The van der Waals surface area contributed by atoms with Gasteiger partial charge in [0.2, 0.25) is 0 Å². The highest BCUT2D eigenvalue weighted by Gasteiger charge is 2.32. The molecule has 6 aromatic carbocycles. The summed E-state index contributed by atoms with van der Waals surface area (Å²) in [5, 5.41) is 1.93. The second-order valence-corrected chi connectivity index (χ2v) is 14.3. The zero-order chi connectivity index (χ0) is 36.6. The molecule has 3 heterocycles. The van der Waals surface area contributed by atoms with E-state index in [0.29, 0.717) is 39.1 Å². The minimum Gasteiger partial charge on any atom is -0.455 e. The number of hydrogen-bond acceptors (Lipinski definition) is 3. The lowest BCUT2D eigenvalue weighted by Crippen LogP contribution is -2.09. The molecule has 0 atom stereocenters. The number of hydrogen-bond donors (Lipinski definition) is 0. The summed E-state index contributed by atoms with van der Waals surface area (Å²) in [6, 6.07) is 40.4. The zero-order valence-corrected chi connectivity index (χ0v) is 29.6. The smallest absolute Gasteiger partial charge is 0.416 e. The maximum atomic E-state index is 14.0. The number of fused-ring (bicyclic) bond motifs is 6. The van der Waals surface area contributed by atoms with Gasteiger partial charge in [-0.3, -0.25) is 4.57 Å². The number of nitrogens with zero attached hydrogens (tertiary/aromatic N) is 2. The lowest BCUT2D eigenvalue weighted by Gasteiger charge is -2.24. The molecule has 0 aliphatic heterocycles. The Bertz CT molecular complexity index is 2790. The van der Waals surface area contributed by atoms with E-state index in [0.717, 1.165) is 62.1 Å². The Labute approximate surface area is 304 Å². The largest absolute Gasteiger partial charge is 0.455 e. The summed E-state index contributed by atoms with van der Waals surface area (Å²) in [6.45, 7) is 8.81. The van der Waals surface area contributed by atoms with Crippen molar-refractivity contribution in [1.82, 2.24) is 9.55 Å². The van der Waals surface area contributed by atoms with Crippen LogP contribution >= 0.6 is 0 Å². The van der Waals surface area contributed by atoms with Crippen molar-refractivity contribution in [3.05, 3.63) is 144 Å². The van der Waals surface area contributed by atoms with Gasteiger partial charge in [-0.15, -0.1) is 0 Å². The quantitative estimate of drug-likeness (QED) is 0.173. The Hall–Kier alpha value is -6.08. The molecule has 0 aliphatic carbocycles. The second kappa shape index (κ2) is 12.3. The van der Waals surface area contributed by atoms with E-state index in [9.17, 15) is 13.2 Å². The van der Waals surface area contributed by atoms with Crippen LogP contribution in [0.1, 0.15) is 56.2 Å². The molecule has 3 aromatic heterocycles. The van der Waals surface area contributed by atoms with Crippen molar-refractivity contribution in [3.63, 3.8) is 0 Å². The summed E-state index contributed by atoms with van der Waals surface area (Å²) in [5.41, 5.74) is 9.20. The molecule has 0 spiro atoms. The normalized spacial score (nSPS) is 12.4. The second-order valence-electron chi connectivity index (χ2n) is 14.3. The summed E-state index contributed by atoms with van der Waals surface area (Å²) in [5.74, 6) is 1.58. The molecule has 0 unspecified atom stereocenters. The first-order chi connectivity index (χ1) is 25.6. The number of furan rings is 2. The van der Waals surface area contributed by atoms with Crippen LogP contribution in [0.5, 0.6) is 0 Å². The maximum Gasteiger partial charge on any atom is 0.416 e. The van der Waals surface area contributed by atoms with E-state index >= 15 is 0 Å². The highest BCUT2D eigenvalue weighted by molar-refractivity contribution is 6.21. The summed E-state index contributed by atoms with van der Waals surface area (Å²) in [7, 11) is 0. The van der Waals surface area contributed by atoms with Gasteiger partial charge in [0.05, 0.1) is 33.2 Å². The summed E-state index contributed by atoms with van der Waals surface area (Å²) in [6.07, 6.45) is -4.53. The summed E-state index contributed by atoms with van der Waals surface area (Å²) < 4.78 is 57.2. The molecule has 0 radical (unpaired) electrons. The SMILES string of the molecule is CC(C)c1cc(-c2ccccc2)cc(C(C)C)c1-n1c(-c2cc3cc(-c4ccccc4)oc3c3c2oc2cc(C(F)(F)F)ccc23)nc2ccccc21. The van der Waals surface area contributed by atoms with Gasteiger partial charge in [0.25, 0.3) is 0 Å². The molecule has 4 nitrogen and oxygen atoms in total. The Balaban J connectivity index is 1.41. The van der Waals surface area contributed by atoms with Crippen molar-refractivity contribution in [3.8, 4) is 39.5 Å². The van der Waals surface area contributed by atoms with E-state index in [1.807, 2.05) is 66.7 Å². The van der Waals surface area contributed by atoms with Crippen molar-refractivity contribution in [2.24, 2.45) is 0 Å². The Morgan fingerprint density at radius 3 is 1.92 bits per heavy atom. The third kappa shape index (κ3) is 5.41. The molecule has 0 fully saturated rings. The lowest BCUT2D eigenvalue weighted by atomic mass is 9.88. The molecule has 0 saturated heterocycles. The van der Waals surface area contributed by atoms with Crippen LogP contribution in [0.3, 0.4) is 0 Å². The van der Waals surface area contributed by atoms with Gasteiger partial charge in [0.15, 0.2) is 0 Å². The number of aromatic nitrogens is 2. The van der Waals surface area contributed by atoms with Crippen molar-refractivity contribution in [1.29, 1.82) is 0 Å². The predicted octanol–water partition coefficient (Wildman–Crippen LogP) is 13.9. The van der Waals surface area contributed by atoms with E-state index in [2.05, 4.69) is 74.7 Å². The molecule has 0 amide bonds. The topological polar surface area (TPSA) is 44.1 Å². The highest BCUT2D eigenvalue weighted by Crippen LogP contribution is 2.47. The third-order valence-corrected chi connectivity index (χ3v) is 10.2. The van der Waals surface area contributed by atoms with Crippen LogP contribution in [0.4, 0.5) is 13.2 Å². The van der Waals surface area contributed by atoms with Crippen LogP contribution in [-0.4, -0.2) is 9.55 Å². The molecular weight excluding hydrogens is 670 g/mol. The van der Waals surface area contributed by atoms with E-state index in [1.54, 1.807) is 0 Å². The number of alkyl halides is 3. The molecule has 262 valence electrons. The van der Waals surface area contributed by atoms with Crippen molar-refractivity contribution < 1.29 is 22.0 Å². The van der Waals surface area contributed by atoms with E-state index < -0.39 is 11.7 Å². The Morgan fingerprint density at radius 1 is 0.623 bits per heavy atom. The van der Waals surface area contributed by atoms with Gasteiger partial charge in [-0.2, -0.15) is 13.2 Å². The van der Waals surface area contributed by atoms with Gasteiger partial charge in [-0.25, -0.2) is 4.98 Å². The fourth-order valence-electron chi connectivity index (χ4n) is 7.58. The first kappa shape index (κ1) is 32.8. The van der Waals surface area contributed by atoms with Crippen molar-refractivity contribution >= 4 is 43.9 Å². The lowest BCUT2D eigenvalue weighted by molar-refractivity contribution is -0.137. The number of benzene rings is 6. The number of imidazole rings is 1. The monoisotopic (exact) mass is 704 g/mol. The molecule has 9 aromatic rings. The average Bonchev–Trinajstić information content (AvgIpc) is 3.87. The van der Waals surface area contributed by atoms with Crippen LogP contribution in [0.2, 0.25) is 0 Å². The first-order valence-electron chi connectivity index (χ1n) is 17.8. The summed E-state index contributed by atoms with van der Waals surface area (Å²) >= 11 is 0. The molecular formula is C46H35F3N2O2. The molecule has 7 heteroatoms. The maximum absolute atomic E-state index is 14.0. The Kier molecular flexibility index (Phi) is 7.59. The molecule has 53 heavy (non-hydrogen) atoms. The number of halogens is 3. The first-order valence-corrected chi connectivity index (χ1v) is 17.8. The van der Waals surface area contributed by atoms with Crippen LogP contribution in [-0.2, 0) is 6.18 Å². The molecule has 0 aliphatic rings. The van der Waals surface area contributed by atoms with E-state index in [-0.39, 0.29) is 17.4 Å². The van der Waals surface area contributed by atoms with Crippen LogP contribution < -0.4 is 0 Å². The van der Waals surface area contributed by atoms with Crippen molar-refractivity contribution in [2.75, 3.05) is 0 Å². The van der Waals surface area contributed by atoms with Crippen LogP contribution in [0.15, 0.2) is 136 Å². The standard InChI is InChI=1S/C46H35F3N2O2/c1-26(2)34-21-30(28-13-7-5-8-14-28)22-35(27(3)4)42(34)51-38-18-12-11-17-37(38)50-45(51)36-23-31-24-39(29-15-9-6-10-16-29)52-43(31)41-33-20-19-32(46(47,48)49)25-40(33)53-44(36)41/h5-27H,1-4H3. The van der Waals surface area contributed by atoms with Gasteiger partial charge in [0, 0.05) is 16.3 Å². The van der Waals surface area contributed by atoms with Crippen molar-refractivity contribution in [2.45, 2.75) is 45.7 Å².